The van der Waals surface area contributed by atoms with Gasteiger partial charge in [0.15, 0.2) is 0 Å². The maximum absolute atomic E-state index is 11.4. The van der Waals surface area contributed by atoms with Crippen molar-refractivity contribution in [3.05, 3.63) is 44.9 Å². The number of nitrogens with one attached hydrogen (secondary N) is 2. The van der Waals surface area contributed by atoms with E-state index in [1.807, 2.05) is 12.1 Å². The predicted molar refractivity (Wildman–Crippen MR) is 72.0 cm³/mol. The van der Waals surface area contributed by atoms with Gasteiger partial charge in [0.05, 0.1) is 17.0 Å². The summed E-state index contributed by atoms with van der Waals surface area (Å²) in [5, 5.41) is 3.25. The molecule has 2 aromatic rings. The monoisotopic (exact) mass is 284 g/mol. The van der Waals surface area contributed by atoms with Crippen LogP contribution in [0.3, 0.4) is 0 Å². The first-order chi connectivity index (χ1) is 8.70. The first kappa shape index (κ1) is 13.1. The average Bonchev–Trinajstić information content (AvgIpc) is 2.98. The van der Waals surface area contributed by atoms with Gasteiger partial charge in [-0.2, -0.15) is 0 Å². The van der Waals surface area contributed by atoms with Crippen LogP contribution in [0.25, 0.3) is 0 Å². The van der Waals surface area contributed by atoms with Gasteiger partial charge in [-0.25, -0.2) is 4.79 Å². The van der Waals surface area contributed by atoms with Crippen LogP contribution >= 0.6 is 22.9 Å². The van der Waals surface area contributed by atoms with Gasteiger partial charge < -0.3 is 15.0 Å². The highest BCUT2D eigenvalue weighted by Gasteiger charge is 2.12. The van der Waals surface area contributed by atoms with Crippen molar-refractivity contribution in [2.24, 2.45) is 0 Å². The molecular weight excluding hydrogens is 272 g/mol. The second-order valence-electron chi connectivity index (χ2n) is 3.67. The van der Waals surface area contributed by atoms with Crippen molar-refractivity contribution in [2.45, 2.75) is 13.1 Å². The Morgan fingerprint density at radius 3 is 2.94 bits per heavy atom. The van der Waals surface area contributed by atoms with Crippen LogP contribution in [0.15, 0.2) is 24.4 Å². The Bertz CT molecular complexity index is 536. The fourth-order valence-electron chi connectivity index (χ4n) is 1.61. The van der Waals surface area contributed by atoms with Crippen LogP contribution in [0.5, 0.6) is 0 Å². The molecule has 2 heterocycles. The summed E-state index contributed by atoms with van der Waals surface area (Å²) < 4.78 is 5.48. The summed E-state index contributed by atoms with van der Waals surface area (Å²) in [6, 6.07) is 5.57. The van der Waals surface area contributed by atoms with E-state index in [1.165, 1.54) is 7.11 Å². The number of aromatic amines is 1. The molecule has 96 valence electrons. The van der Waals surface area contributed by atoms with Crippen LogP contribution in [0, 0.1) is 0 Å². The maximum Gasteiger partial charge on any atom is 0.339 e. The minimum Gasteiger partial charge on any atom is -0.465 e. The molecule has 0 fully saturated rings. The van der Waals surface area contributed by atoms with E-state index in [4.69, 9.17) is 16.3 Å². The lowest BCUT2D eigenvalue weighted by Crippen LogP contribution is -2.15. The van der Waals surface area contributed by atoms with Crippen molar-refractivity contribution in [3.63, 3.8) is 0 Å². The van der Waals surface area contributed by atoms with Gasteiger partial charge in [-0.3, -0.25) is 0 Å². The van der Waals surface area contributed by atoms with Gasteiger partial charge in [-0.05, 0) is 18.2 Å². The number of esters is 1. The van der Waals surface area contributed by atoms with E-state index < -0.39 is 0 Å². The Hall–Kier alpha value is -1.30. The Labute approximate surface area is 114 Å². The van der Waals surface area contributed by atoms with E-state index in [9.17, 15) is 4.79 Å². The van der Waals surface area contributed by atoms with Gasteiger partial charge in [0.25, 0.3) is 0 Å². The lowest BCUT2D eigenvalue weighted by atomic mass is 10.2. The third-order valence-corrected chi connectivity index (χ3v) is 3.70. The minimum atomic E-state index is -0.327. The van der Waals surface area contributed by atoms with E-state index in [0.29, 0.717) is 12.1 Å². The molecule has 0 saturated carbocycles. The summed E-state index contributed by atoms with van der Waals surface area (Å²) in [4.78, 5) is 15.6. The van der Waals surface area contributed by atoms with E-state index >= 15 is 0 Å². The molecule has 0 aromatic carbocycles. The summed E-state index contributed by atoms with van der Waals surface area (Å²) in [6.07, 6.45) is 1.73. The zero-order valence-electron chi connectivity index (χ0n) is 9.83. The molecule has 0 aliphatic heterocycles. The molecule has 0 aliphatic carbocycles. The zero-order chi connectivity index (χ0) is 13.0. The summed E-state index contributed by atoms with van der Waals surface area (Å²) in [7, 11) is 1.38. The molecule has 6 heteroatoms. The smallest absolute Gasteiger partial charge is 0.339 e. The average molecular weight is 285 g/mol. The van der Waals surface area contributed by atoms with E-state index in [1.54, 1.807) is 23.6 Å². The van der Waals surface area contributed by atoms with E-state index in [0.717, 1.165) is 21.5 Å². The van der Waals surface area contributed by atoms with Crippen LogP contribution in [-0.2, 0) is 17.8 Å². The fourth-order valence-corrected chi connectivity index (χ4v) is 2.67. The first-order valence-electron chi connectivity index (χ1n) is 5.40. The largest absolute Gasteiger partial charge is 0.465 e. The summed E-state index contributed by atoms with van der Waals surface area (Å²) in [5.74, 6) is -0.327. The van der Waals surface area contributed by atoms with Crippen molar-refractivity contribution >= 4 is 28.9 Å². The highest BCUT2D eigenvalue weighted by atomic mass is 35.5. The number of aromatic nitrogens is 1. The number of H-pyrrole nitrogens is 1. The summed E-state index contributed by atoms with van der Waals surface area (Å²) in [6.45, 7) is 1.30. The highest BCUT2D eigenvalue weighted by Crippen LogP contribution is 2.21. The van der Waals surface area contributed by atoms with Gasteiger partial charge in [-0.15, -0.1) is 11.3 Å². The van der Waals surface area contributed by atoms with Crippen LogP contribution in [-0.4, -0.2) is 18.1 Å². The zero-order valence-corrected chi connectivity index (χ0v) is 11.4. The number of methoxy groups -OCH3 is 1. The summed E-state index contributed by atoms with van der Waals surface area (Å²) >= 11 is 7.39. The van der Waals surface area contributed by atoms with Crippen molar-refractivity contribution in [1.29, 1.82) is 0 Å². The van der Waals surface area contributed by atoms with Crippen LogP contribution in [0.2, 0.25) is 4.34 Å². The van der Waals surface area contributed by atoms with Gasteiger partial charge in [0, 0.05) is 29.9 Å². The fraction of sp³-hybridized carbons (Fsp3) is 0.250. The standard InChI is InChI=1S/C12H13ClN2O2S/c1-17-12(16)9-4-5-15-10(9)7-14-6-8-2-3-11(13)18-8/h2-5,14-15H,6-7H2,1H3. The molecule has 0 spiro atoms. The van der Waals surface area contributed by atoms with Crippen LogP contribution in [0.4, 0.5) is 0 Å². The Morgan fingerprint density at radius 2 is 2.28 bits per heavy atom. The molecule has 0 saturated heterocycles. The molecule has 0 radical (unpaired) electrons. The third kappa shape index (κ3) is 3.13. The van der Waals surface area contributed by atoms with Crippen LogP contribution < -0.4 is 5.32 Å². The Balaban J connectivity index is 1.90. The Kier molecular flexibility index (Phi) is 4.41. The molecule has 4 nitrogen and oxygen atoms in total. The quantitative estimate of drug-likeness (QED) is 0.830. The topological polar surface area (TPSA) is 54.1 Å². The van der Waals surface area contributed by atoms with Crippen molar-refractivity contribution in [1.82, 2.24) is 10.3 Å². The molecule has 0 atom stereocenters. The number of halogens is 1. The highest BCUT2D eigenvalue weighted by molar-refractivity contribution is 7.16. The molecule has 0 amide bonds. The van der Waals surface area contributed by atoms with Crippen LogP contribution in [0.1, 0.15) is 20.9 Å². The number of carbonyl (C=O) groups is 1. The first-order valence-corrected chi connectivity index (χ1v) is 6.59. The van der Waals surface area contributed by atoms with E-state index in [2.05, 4.69) is 10.3 Å². The van der Waals surface area contributed by atoms with Gasteiger partial charge >= 0.3 is 5.97 Å². The van der Waals surface area contributed by atoms with Gasteiger partial charge in [0.1, 0.15) is 0 Å². The maximum atomic E-state index is 11.4. The van der Waals surface area contributed by atoms with Gasteiger partial charge in [0.2, 0.25) is 0 Å². The second kappa shape index (κ2) is 6.04. The van der Waals surface area contributed by atoms with Crippen molar-refractivity contribution in [2.75, 3.05) is 7.11 Å². The number of hydrogen-bond acceptors (Lipinski definition) is 4. The molecule has 2 N–H and O–H groups in total. The normalized spacial score (nSPS) is 10.6. The van der Waals surface area contributed by atoms with Crippen molar-refractivity contribution in [3.8, 4) is 0 Å². The number of hydrogen-bond donors (Lipinski definition) is 2. The minimum absolute atomic E-state index is 0.327. The predicted octanol–water partition coefficient (Wildman–Crippen LogP) is 2.81. The molecule has 0 unspecified atom stereocenters. The number of ether oxygens (including phenoxy) is 1. The molecule has 2 aromatic heterocycles. The molecular formula is C12H13ClN2O2S. The lowest BCUT2D eigenvalue weighted by Gasteiger charge is -2.04. The summed E-state index contributed by atoms with van der Waals surface area (Å²) in [5.41, 5.74) is 1.39. The SMILES string of the molecule is COC(=O)c1cc[nH]c1CNCc1ccc(Cl)s1. The Morgan fingerprint density at radius 1 is 1.44 bits per heavy atom. The molecule has 18 heavy (non-hydrogen) atoms. The van der Waals surface area contributed by atoms with Gasteiger partial charge in [-0.1, -0.05) is 11.6 Å². The second-order valence-corrected chi connectivity index (χ2v) is 5.47. The molecule has 0 aliphatic rings. The number of thiophene rings is 1. The van der Waals surface area contributed by atoms with E-state index in [-0.39, 0.29) is 5.97 Å². The number of carbonyl (C=O) groups excluding carboxylic acids is 1. The number of rotatable bonds is 5. The molecule has 0 bridgehead atoms. The third-order valence-electron chi connectivity index (χ3n) is 2.47. The lowest BCUT2D eigenvalue weighted by molar-refractivity contribution is 0.0599. The van der Waals surface area contributed by atoms with Crippen molar-refractivity contribution < 1.29 is 9.53 Å². The molecule has 2 rings (SSSR count).